The summed E-state index contributed by atoms with van der Waals surface area (Å²) in [5.41, 5.74) is 9.25. The number of aromatic nitrogens is 2. The van der Waals surface area contributed by atoms with E-state index in [0.717, 1.165) is 22.6 Å². The van der Waals surface area contributed by atoms with Gasteiger partial charge in [0.05, 0.1) is 12.3 Å². The third-order valence-electron chi connectivity index (χ3n) is 3.29. The second-order valence-electron chi connectivity index (χ2n) is 4.79. The molecular weight excluding hydrogens is 274 g/mol. The van der Waals surface area contributed by atoms with Crippen LogP contribution in [0.2, 0.25) is 5.15 Å². The molecule has 1 unspecified atom stereocenters. The van der Waals surface area contributed by atoms with Crippen LogP contribution in [-0.2, 0) is 13.5 Å². The molecular formula is C15H20ClN3O. The van der Waals surface area contributed by atoms with Crippen LogP contribution in [-0.4, -0.2) is 16.4 Å². The van der Waals surface area contributed by atoms with Crippen molar-refractivity contribution in [2.75, 3.05) is 6.61 Å². The second-order valence-corrected chi connectivity index (χ2v) is 5.15. The number of benzene rings is 1. The summed E-state index contributed by atoms with van der Waals surface area (Å²) in [7, 11) is 1.83. The Bertz CT molecular complexity index is 595. The quantitative estimate of drug-likeness (QED) is 0.922. The second kappa shape index (κ2) is 6.29. The van der Waals surface area contributed by atoms with E-state index in [-0.39, 0.29) is 6.04 Å². The van der Waals surface area contributed by atoms with Gasteiger partial charge >= 0.3 is 0 Å². The number of hydrogen-bond acceptors (Lipinski definition) is 3. The maximum atomic E-state index is 6.29. The topological polar surface area (TPSA) is 53.1 Å². The first kappa shape index (κ1) is 14.9. The van der Waals surface area contributed by atoms with Gasteiger partial charge in [-0.15, -0.1) is 0 Å². The van der Waals surface area contributed by atoms with Crippen molar-refractivity contribution >= 4 is 11.6 Å². The lowest BCUT2D eigenvalue weighted by molar-refractivity contribution is 0.339. The first-order chi connectivity index (χ1) is 9.52. The van der Waals surface area contributed by atoms with Crippen LogP contribution in [0.25, 0.3) is 0 Å². The molecule has 4 nitrogen and oxygen atoms in total. The predicted octanol–water partition coefficient (Wildman–Crippen LogP) is 3.02. The van der Waals surface area contributed by atoms with Crippen molar-refractivity contribution in [2.24, 2.45) is 12.8 Å². The molecule has 0 saturated carbocycles. The Labute approximate surface area is 124 Å². The van der Waals surface area contributed by atoms with Gasteiger partial charge in [-0.1, -0.05) is 23.7 Å². The fourth-order valence-corrected chi connectivity index (χ4v) is 2.50. The minimum atomic E-state index is -0.129. The Morgan fingerprint density at radius 3 is 2.80 bits per heavy atom. The first-order valence-corrected chi connectivity index (χ1v) is 7.07. The Hall–Kier alpha value is -1.52. The van der Waals surface area contributed by atoms with Crippen molar-refractivity contribution < 1.29 is 4.74 Å². The highest BCUT2D eigenvalue weighted by Gasteiger charge is 2.16. The molecule has 2 aromatic rings. The number of aryl methyl sites for hydroxylation is 2. The fourth-order valence-electron chi connectivity index (χ4n) is 2.25. The molecule has 0 saturated heterocycles. The van der Waals surface area contributed by atoms with Crippen LogP contribution in [0.5, 0.6) is 5.75 Å². The standard InChI is InChI=1S/C15H20ClN3O/c1-4-20-12-7-5-6-11(8-12)14(17)9-13-10(2)18-19(3)15(13)16/h5-8,14H,4,9,17H2,1-3H3. The average Bonchev–Trinajstić information content (AvgIpc) is 2.66. The molecule has 0 aliphatic heterocycles. The maximum absolute atomic E-state index is 6.29. The molecule has 1 atom stereocenters. The third kappa shape index (κ3) is 3.14. The van der Waals surface area contributed by atoms with Crippen molar-refractivity contribution in [2.45, 2.75) is 26.3 Å². The molecule has 0 bridgehead atoms. The van der Waals surface area contributed by atoms with E-state index in [1.807, 2.05) is 45.2 Å². The van der Waals surface area contributed by atoms with E-state index in [2.05, 4.69) is 5.10 Å². The van der Waals surface area contributed by atoms with Crippen LogP contribution >= 0.6 is 11.6 Å². The van der Waals surface area contributed by atoms with Gasteiger partial charge in [0, 0.05) is 18.7 Å². The molecule has 0 aliphatic rings. The lowest BCUT2D eigenvalue weighted by Gasteiger charge is -2.13. The fraction of sp³-hybridized carbons (Fsp3) is 0.400. The summed E-state index contributed by atoms with van der Waals surface area (Å²) in [5, 5.41) is 4.96. The van der Waals surface area contributed by atoms with Crippen LogP contribution in [0.15, 0.2) is 24.3 Å². The zero-order chi connectivity index (χ0) is 14.7. The minimum absolute atomic E-state index is 0.129. The highest BCUT2D eigenvalue weighted by atomic mass is 35.5. The van der Waals surface area contributed by atoms with E-state index in [0.29, 0.717) is 18.2 Å². The molecule has 0 aliphatic carbocycles. The Balaban J connectivity index is 2.19. The average molecular weight is 294 g/mol. The molecule has 20 heavy (non-hydrogen) atoms. The van der Waals surface area contributed by atoms with Gasteiger partial charge in [-0.3, -0.25) is 4.68 Å². The van der Waals surface area contributed by atoms with Gasteiger partial charge in [-0.2, -0.15) is 5.10 Å². The van der Waals surface area contributed by atoms with Crippen molar-refractivity contribution in [3.05, 3.63) is 46.2 Å². The van der Waals surface area contributed by atoms with Gasteiger partial charge in [0.25, 0.3) is 0 Å². The molecule has 1 aromatic heterocycles. The molecule has 0 radical (unpaired) electrons. The van der Waals surface area contributed by atoms with Crippen molar-refractivity contribution in [3.8, 4) is 5.75 Å². The SMILES string of the molecule is CCOc1cccc(C(N)Cc2c(C)nn(C)c2Cl)c1. The first-order valence-electron chi connectivity index (χ1n) is 6.69. The maximum Gasteiger partial charge on any atom is 0.130 e. The van der Waals surface area contributed by atoms with Gasteiger partial charge in [0.15, 0.2) is 0 Å². The largest absolute Gasteiger partial charge is 0.494 e. The zero-order valence-electron chi connectivity index (χ0n) is 12.1. The normalized spacial score (nSPS) is 12.4. The van der Waals surface area contributed by atoms with E-state index in [4.69, 9.17) is 22.1 Å². The van der Waals surface area contributed by atoms with Gasteiger partial charge in [-0.05, 0) is 38.0 Å². The molecule has 1 heterocycles. The molecule has 0 spiro atoms. The van der Waals surface area contributed by atoms with Crippen LogP contribution < -0.4 is 10.5 Å². The highest BCUT2D eigenvalue weighted by Crippen LogP contribution is 2.26. The zero-order valence-corrected chi connectivity index (χ0v) is 12.8. The van der Waals surface area contributed by atoms with Gasteiger partial charge in [-0.25, -0.2) is 0 Å². The highest BCUT2D eigenvalue weighted by molar-refractivity contribution is 6.30. The summed E-state index contributed by atoms with van der Waals surface area (Å²) >= 11 is 6.25. The number of hydrogen-bond donors (Lipinski definition) is 1. The Morgan fingerprint density at radius 1 is 1.45 bits per heavy atom. The van der Waals surface area contributed by atoms with Gasteiger partial charge in [0.1, 0.15) is 10.9 Å². The molecule has 0 fully saturated rings. The number of rotatable bonds is 5. The third-order valence-corrected chi connectivity index (χ3v) is 3.76. The van der Waals surface area contributed by atoms with Gasteiger partial charge in [0.2, 0.25) is 0 Å². The van der Waals surface area contributed by atoms with E-state index in [1.54, 1.807) is 4.68 Å². The van der Waals surface area contributed by atoms with E-state index < -0.39 is 0 Å². The number of ether oxygens (including phenoxy) is 1. The van der Waals surface area contributed by atoms with E-state index >= 15 is 0 Å². The van der Waals surface area contributed by atoms with Crippen molar-refractivity contribution in [1.82, 2.24) is 9.78 Å². The van der Waals surface area contributed by atoms with Crippen LogP contribution in [0.1, 0.15) is 29.8 Å². The summed E-state index contributed by atoms with van der Waals surface area (Å²) in [6.07, 6.45) is 0.661. The molecule has 2 N–H and O–H groups in total. The molecule has 2 rings (SSSR count). The Kier molecular flexibility index (Phi) is 4.68. The summed E-state index contributed by atoms with van der Waals surface area (Å²) in [6, 6.07) is 7.75. The molecule has 0 amide bonds. The lowest BCUT2D eigenvalue weighted by atomic mass is 10.00. The molecule has 5 heteroatoms. The van der Waals surface area contributed by atoms with Crippen molar-refractivity contribution in [1.29, 1.82) is 0 Å². The number of nitrogens with two attached hydrogens (primary N) is 1. The van der Waals surface area contributed by atoms with Crippen molar-refractivity contribution in [3.63, 3.8) is 0 Å². The summed E-state index contributed by atoms with van der Waals surface area (Å²) in [5.74, 6) is 0.842. The number of halogens is 1. The van der Waals surface area contributed by atoms with Gasteiger partial charge < -0.3 is 10.5 Å². The smallest absolute Gasteiger partial charge is 0.130 e. The lowest BCUT2D eigenvalue weighted by Crippen LogP contribution is -2.14. The van der Waals surface area contributed by atoms with E-state index in [1.165, 1.54) is 0 Å². The number of nitrogens with zero attached hydrogens (tertiary/aromatic N) is 2. The monoisotopic (exact) mass is 293 g/mol. The summed E-state index contributed by atoms with van der Waals surface area (Å²) < 4.78 is 7.18. The van der Waals surface area contributed by atoms with Crippen LogP contribution in [0, 0.1) is 6.92 Å². The Morgan fingerprint density at radius 2 is 2.20 bits per heavy atom. The van der Waals surface area contributed by atoms with Crippen LogP contribution in [0.4, 0.5) is 0 Å². The summed E-state index contributed by atoms with van der Waals surface area (Å²) in [6.45, 7) is 4.56. The molecule has 1 aromatic carbocycles. The van der Waals surface area contributed by atoms with Crippen LogP contribution in [0.3, 0.4) is 0 Å². The molecule has 108 valence electrons. The predicted molar refractivity (Wildman–Crippen MR) is 81.2 cm³/mol. The minimum Gasteiger partial charge on any atom is -0.494 e. The summed E-state index contributed by atoms with van der Waals surface area (Å²) in [4.78, 5) is 0. The van der Waals surface area contributed by atoms with E-state index in [9.17, 15) is 0 Å².